The highest BCUT2D eigenvalue weighted by Gasteiger charge is 2.20. The minimum absolute atomic E-state index is 0.150. The monoisotopic (exact) mass is 484 g/mol. The maximum atomic E-state index is 13.0. The van der Waals surface area contributed by atoms with Crippen LogP contribution in [0.3, 0.4) is 0 Å². The van der Waals surface area contributed by atoms with Crippen LogP contribution in [0.25, 0.3) is 10.9 Å². The Morgan fingerprint density at radius 1 is 1.10 bits per heavy atom. The Kier molecular flexibility index (Phi) is 7.09. The van der Waals surface area contributed by atoms with Crippen molar-refractivity contribution in [3.63, 3.8) is 0 Å². The number of carbonyl (C=O) groups is 3. The van der Waals surface area contributed by atoms with E-state index in [0.717, 1.165) is 4.47 Å². The molecule has 0 bridgehead atoms. The number of ether oxygens (including phenoxy) is 1. The first-order chi connectivity index (χ1) is 14.9. The predicted molar refractivity (Wildman–Crippen MR) is 123 cm³/mol. The number of nitrogens with one attached hydrogen (secondary N) is 3. The molecule has 0 aliphatic rings. The number of halogens is 1. The molecule has 0 spiro atoms. The third kappa shape index (κ3) is 5.32. The highest BCUT2D eigenvalue weighted by atomic mass is 79.9. The molecule has 0 fully saturated rings. The lowest BCUT2D eigenvalue weighted by atomic mass is 10.2. The Labute approximate surface area is 187 Å². The highest BCUT2D eigenvalue weighted by Crippen LogP contribution is 2.24. The second-order valence-corrected chi connectivity index (χ2v) is 7.33. The molecule has 0 aliphatic carbocycles. The topological polar surface area (TPSA) is 101 Å². The van der Waals surface area contributed by atoms with Crippen LogP contribution in [0.2, 0.25) is 0 Å². The molecule has 0 saturated carbocycles. The van der Waals surface area contributed by atoms with Crippen molar-refractivity contribution >= 4 is 50.2 Å². The van der Waals surface area contributed by atoms with Crippen molar-refractivity contribution < 1.29 is 19.1 Å². The maximum Gasteiger partial charge on any atom is 0.328 e. The summed E-state index contributed by atoms with van der Waals surface area (Å²) in [6.07, 6.45) is 1.46. The summed E-state index contributed by atoms with van der Waals surface area (Å²) in [5.41, 5.74) is 3.77. The van der Waals surface area contributed by atoms with Crippen molar-refractivity contribution in [1.29, 1.82) is 0 Å². The smallest absolute Gasteiger partial charge is 0.328 e. The van der Waals surface area contributed by atoms with Crippen molar-refractivity contribution in [2.24, 2.45) is 0 Å². The number of hydrogen-bond donors (Lipinski definition) is 3. The number of aromatic nitrogens is 1. The minimum atomic E-state index is -0.905. The van der Waals surface area contributed by atoms with Crippen LogP contribution in [0.15, 0.2) is 65.7 Å². The van der Waals surface area contributed by atoms with Gasteiger partial charge in [-0.05, 0) is 55.5 Å². The first kappa shape index (κ1) is 22.1. The molecule has 1 heterocycles. The van der Waals surface area contributed by atoms with E-state index in [0.29, 0.717) is 28.9 Å². The molecular weight excluding hydrogens is 464 g/mol. The number of carbonyl (C=O) groups excluding carboxylic acids is 3. The lowest BCUT2D eigenvalue weighted by Crippen LogP contribution is -2.39. The summed E-state index contributed by atoms with van der Waals surface area (Å²) in [6.45, 7) is 6.07. The van der Waals surface area contributed by atoms with E-state index < -0.39 is 17.7 Å². The summed E-state index contributed by atoms with van der Waals surface area (Å²) < 4.78 is 7.51. The largest absolute Gasteiger partial charge is 0.494 e. The van der Waals surface area contributed by atoms with Crippen molar-refractivity contribution in [3.05, 3.63) is 71.4 Å². The van der Waals surface area contributed by atoms with E-state index in [1.165, 1.54) is 10.8 Å². The summed E-state index contributed by atoms with van der Waals surface area (Å²) >= 11 is 3.40. The van der Waals surface area contributed by atoms with Gasteiger partial charge in [-0.1, -0.05) is 22.0 Å². The van der Waals surface area contributed by atoms with E-state index in [-0.39, 0.29) is 12.2 Å². The average molecular weight is 485 g/mol. The van der Waals surface area contributed by atoms with Crippen LogP contribution in [-0.2, 0) is 9.59 Å². The lowest BCUT2D eigenvalue weighted by Gasteiger charge is -2.12. The van der Waals surface area contributed by atoms with Crippen LogP contribution in [-0.4, -0.2) is 35.5 Å². The number of fused-ring (bicyclic) bond motifs is 1. The van der Waals surface area contributed by atoms with Gasteiger partial charge in [0.15, 0.2) is 0 Å². The molecule has 1 aromatic heterocycles. The van der Waals surface area contributed by atoms with Crippen molar-refractivity contribution in [2.75, 3.05) is 23.9 Å². The fourth-order valence-electron chi connectivity index (χ4n) is 2.87. The van der Waals surface area contributed by atoms with Crippen LogP contribution >= 0.6 is 15.9 Å². The Bertz CT molecular complexity index is 1140. The molecule has 3 rings (SSSR count). The normalized spacial score (nSPS) is 10.4. The summed E-state index contributed by atoms with van der Waals surface area (Å²) in [7, 11) is 0. The lowest BCUT2D eigenvalue weighted by molar-refractivity contribution is -0.136. The molecule has 160 valence electrons. The van der Waals surface area contributed by atoms with Gasteiger partial charge in [-0.15, -0.1) is 6.58 Å². The number of nitrogens with zero attached hydrogens (tertiary/aromatic N) is 1. The van der Waals surface area contributed by atoms with Gasteiger partial charge in [-0.2, -0.15) is 0 Å². The van der Waals surface area contributed by atoms with E-state index in [1.807, 2.05) is 13.0 Å². The molecule has 3 amide bonds. The fraction of sp³-hybridized carbons (Fsp3) is 0.136. The van der Waals surface area contributed by atoms with Crippen LogP contribution < -0.4 is 20.8 Å². The number of anilines is 1. The average Bonchev–Trinajstić information content (AvgIpc) is 3.10. The maximum absolute atomic E-state index is 13.0. The van der Waals surface area contributed by atoms with Crippen LogP contribution in [0.5, 0.6) is 5.75 Å². The molecule has 3 N–H and O–H groups in total. The number of hydrogen-bond acceptors (Lipinski definition) is 4. The van der Waals surface area contributed by atoms with Crippen LogP contribution in [0.4, 0.5) is 5.69 Å². The van der Waals surface area contributed by atoms with Crippen molar-refractivity contribution in [1.82, 2.24) is 9.99 Å². The van der Waals surface area contributed by atoms with E-state index in [9.17, 15) is 14.4 Å². The fourth-order valence-corrected chi connectivity index (χ4v) is 3.25. The van der Waals surface area contributed by atoms with Gasteiger partial charge in [0.05, 0.1) is 12.1 Å². The van der Waals surface area contributed by atoms with E-state index in [2.05, 4.69) is 38.6 Å². The molecule has 0 saturated heterocycles. The Morgan fingerprint density at radius 2 is 1.84 bits per heavy atom. The Morgan fingerprint density at radius 3 is 2.52 bits per heavy atom. The van der Waals surface area contributed by atoms with E-state index in [4.69, 9.17) is 4.74 Å². The number of amides is 3. The zero-order chi connectivity index (χ0) is 22.4. The molecule has 31 heavy (non-hydrogen) atoms. The number of rotatable bonds is 7. The summed E-state index contributed by atoms with van der Waals surface area (Å²) in [5.74, 6) is -1.50. The van der Waals surface area contributed by atoms with Crippen molar-refractivity contribution in [3.8, 4) is 5.75 Å². The second kappa shape index (κ2) is 9.94. The first-order valence-electron chi connectivity index (χ1n) is 9.48. The van der Waals surface area contributed by atoms with Gasteiger partial charge in [0.1, 0.15) is 11.4 Å². The molecule has 8 nitrogen and oxygen atoms in total. The molecule has 9 heteroatoms. The third-order valence-corrected chi connectivity index (χ3v) is 4.74. The molecule has 2 aromatic carbocycles. The predicted octanol–water partition coefficient (Wildman–Crippen LogP) is 3.43. The molecule has 0 radical (unpaired) electrons. The number of benzene rings is 2. The molecule has 3 aromatic rings. The summed E-state index contributed by atoms with van der Waals surface area (Å²) in [6, 6.07) is 13.9. The Hall–Kier alpha value is -3.59. The minimum Gasteiger partial charge on any atom is -0.494 e. The summed E-state index contributed by atoms with van der Waals surface area (Å²) in [5, 5.41) is 5.90. The Balaban J connectivity index is 1.90. The zero-order valence-corrected chi connectivity index (χ0v) is 18.4. The molecule has 0 unspecified atom stereocenters. The summed E-state index contributed by atoms with van der Waals surface area (Å²) in [4.78, 5) is 37.3. The van der Waals surface area contributed by atoms with Gasteiger partial charge >= 0.3 is 11.8 Å². The first-order valence-corrected chi connectivity index (χ1v) is 10.3. The highest BCUT2D eigenvalue weighted by molar-refractivity contribution is 9.10. The van der Waals surface area contributed by atoms with E-state index >= 15 is 0 Å². The van der Waals surface area contributed by atoms with Gasteiger partial charge in [-0.25, -0.2) is 4.68 Å². The van der Waals surface area contributed by atoms with E-state index in [1.54, 1.807) is 42.5 Å². The van der Waals surface area contributed by atoms with Crippen LogP contribution in [0.1, 0.15) is 17.4 Å². The van der Waals surface area contributed by atoms with Crippen LogP contribution in [0, 0.1) is 0 Å². The van der Waals surface area contributed by atoms with Gasteiger partial charge in [0, 0.05) is 22.1 Å². The van der Waals surface area contributed by atoms with Gasteiger partial charge in [0.2, 0.25) is 0 Å². The zero-order valence-electron chi connectivity index (χ0n) is 16.8. The second-order valence-electron chi connectivity index (χ2n) is 6.42. The SMILES string of the molecule is C=CCNC(=O)C(=O)Nn1c(C(=O)Nc2ccc(OCC)cc2)cc2cc(Br)ccc21. The molecule has 0 aliphatic heterocycles. The van der Waals surface area contributed by atoms with Gasteiger partial charge in [-0.3, -0.25) is 19.8 Å². The van der Waals surface area contributed by atoms with Crippen molar-refractivity contribution in [2.45, 2.75) is 6.92 Å². The van der Waals surface area contributed by atoms with Gasteiger partial charge < -0.3 is 15.4 Å². The standard InChI is InChI=1S/C22H21BrN4O4/c1-3-11-24-21(29)22(30)26-27-18-10-5-15(23)12-14(18)13-19(27)20(28)25-16-6-8-17(9-7-16)31-4-2/h3,5-10,12-13H,1,4,11H2,2H3,(H,24,29)(H,25,28)(H,26,30). The molecular formula is C22H21BrN4O4. The quantitative estimate of drug-likeness (QED) is 0.353. The molecule has 0 atom stereocenters. The van der Waals surface area contributed by atoms with Gasteiger partial charge in [0.25, 0.3) is 5.91 Å². The third-order valence-electron chi connectivity index (χ3n) is 4.25.